The van der Waals surface area contributed by atoms with E-state index >= 15 is 0 Å². The van der Waals surface area contributed by atoms with Gasteiger partial charge >= 0.3 is 0 Å². The van der Waals surface area contributed by atoms with E-state index in [0.717, 1.165) is 11.3 Å². The van der Waals surface area contributed by atoms with E-state index < -0.39 is 21.5 Å². The topological polar surface area (TPSA) is 80.5 Å². The largest absolute Gasteiger partial charge is 0.355 e. The highest BCUT2D eigenvalue weighted by Crippen LogP contribution is 2.15. The van der Waals surface area contributed by atoms with Gasteiger partial charge in [-0.15, -0.1) is 0 Å². The van der Waals surface area contributed by atoms with Gasteiger partial charge < -0.3 is 9.72 Å². The Balaban J connectivity index is 1.54. The van der Waals surface area contributed by atoms with Gasteiger partial charge in [-0.05, 0) is 36.4 Å². The Morgan fingerprint density at radius 3 is 2.64 bits per heavy atom. The number of rotatable bonds is 6. The fourth-order valence-corrected chi connectivity index (χ4v) is 3.68. The molecule has 0 bridgehead atoms. The molecule has 0 atom stereocenters. The maximum absolute atomic E-state index is 12.2. The highest BCUT2D eigenvalue weighted by Gasteiger charge is 2.19. The molecular formula is C17H16ClN3O3S. The average Bonchev–Trinajstić information content (AvgIpc) is 2.97. The number of nitrogens with zero attached hydrogens (tertiary/aromatic N) is 2. The second-order valence-electron chi connectivity index (χ2n) is 5.51. The van der Waals surface area contributed by atoms with E-state index in [2.05, 4.69) is 10.3 Å². The minimum Gasteiger partial charge on any atom is -0.355 e. The first-order valence-corrected chi connectivity index (χ1v) is 9.65. The molecule has 3 aromatic rings. The zero-order chi connectivity index (χ0) is 17.9. The molecule has 0 spiro atoms. The SMILES string of the molecule is O=C(CS(=O)(=O)c1ccc(Cl)cc1)NCCc1cn2ccccc2n1. The number of fused-ring (bicyclic) bond motifs is 1. The molecule has 130 valence electrons. The van der Waals surface area contributed by atoms with Crippen molar-refractivity contribution in [2.75, 3.05) is 12.3 Å². The fraction of sp³-hybridized carbons (Fsp3) is 0.176. The monoisotopic (exact) mass is 377 g/mol. The molecular weight excluding hydrogens is 362 g/mol. The molecule has 0 aliphatic carbocycles. The summed E-state index contributed by atoms with van der Waals surface area (Å²) in [6, 6.07) is 11.4. The number of amides is 1. The van der Waals surface area contributed by atoms with Crippen molar-refractivity contribution in [3.63, 3.8) is 0 Å². The number of nitrogens with one attached hydrogen (secondary N) is 1. The Labute approximate surface area is 150 Å². The number of carbonyl (C=O) groups excluding carboxylic acids is 1. The molecule has 0 unspecified atom stereocenters. The zero-order valence-corrected chi connectivity index (χ0v) is 14.8. The molecule has 0 saturated heterocycles. The van der Waals surface area contributed by atoms with Crippen LogP contribution < -0.4 is 5.32 Å². The third-order valence-electron chi connectivity index (χ3n) is 3.61. The van der Waals surface area contributed by atoms with Gasteiger partial charge in [-0.3, -0.25) is 4.79 Å². The minimum atomic E-state index is -3.68. The molecule has 2 aromatic heterocycles. The molecule has 0 radical (unpaired) electrons. The second-order valence-corrected chi connectivity index (χ2v) is 7.94. The van der Waals surface area contributed by atoms with Gasteiger partial charge in [0.2, 0.25) is 5.91 Å². The zero-order valence-electron chi connectivity index (χ0n) is 13.2. The highest BCUT2D eigenvalue weighted by molar-refractivity contribution is 7.92. The number of carbonyl (C=O) groups is 1. The van der Waals surface area contributed by atoms with Gasteiger partial charge in [0, 0.05) is 30.4 Å². The molecule has 2 heterocycles. The van der Waals surface area contributed by atoms with Crippen LogP contribution >= 0.6 is 11.6 Å². The van der Waals surface area contributed by atoms with Crippen LogP contribution in [0.15, 0.2) is 59.8 Å². The number of hydrogen-bond acceptors (Lipinski definition) is 4. The number of sulfone groups is 1. The number of halogens is 1. The van der Waals surface area contributed by atoms with Crippen molar-refractivity contribution in [2.45, 2.75) is 11.3 Å². The Morgan fingerprint density at radius 1 is 1.16 bits per heavy atom. The quantitative estimate of drug-likeness (QED) is 0.713. The first-order valence-electron chi connectivity index (χ1n) is 7.62. The van der Waals surface area contributed by atoms with Crippen LogP contribution in [0.5, 0.6) is 0 Å². The highest BCUT2D eigenvalue weighted by atomic mass is 35.5. The van der Waals surface area contributed by atoms with Crippen LogP contribution in [0.2, 0.25) is 5.02 Å². The number of aromatic nitrogens is 2. The molecule has 1 amide bonds. The van der Waals surface area contributed by atoms with E-state index in [4.69, 9.17) is 11.6 Å². The van der Waals surface area contributed by atoms with Crippen molar-refractivity contribution in [1.29, 1.82) is 0 Å². The van der Waals surface area contributed by atoms with Crippen molar-refractivity contribution in [2.24, 2.45) is 0 Å². The van der Waals surface area contributed by atoms with E-state index in [1.807, 2.05) is 35.0 Å². The predicted molar refractivity (Wildman–Crippen MR) is 95.4 cm³/mol. The summed E-state index contributed by atoms with van der Waals surface area (Å²) in [6.07, 6.45) is 4.30. The lowest BCUT2D eigenvalue weighted by Crippen LogP contribution is -2.31. The van der Waals surface area contributed by atoms with Crippen molar-refractivity contribution < 1.29 is 13.2 Å². The van der Waals surface area contributed by atoms with Crippen LogP contribution in [0, 0.1) is 0 Å². The smallest absolute Gasteiger partial charge is 0.235 e. The molecule has 3 rings (SSSR count). The van der Waals surface area contributed by atoms with Crippen molar-refractivity contribution in [1.82, 2.24) is 14.7 Å². The van der Waals surface area contributed by atoms with Crippen molar-refractivity contribution >= 4 is 33.0 Å². The third-order valence-corrected chi connectivity index (χ3v) is 5.50. The van der Waals surface area contributed by atoms with E-state index in [1.165, 1.54) is 24.3 Å². The number of imidazole rings is 1. The van der Waals surface area contributed by atoms with Gasteiger partial charge in [0.05, 0.1) is 10.6 Å². The first kappa shape index (κ1) is 17.4. The summed E-state index contributed by atoms with van der Waals surface area (Å²) in [5, 5.41) is 3.06. The summed E-state index contributed by atoms with van der Waals surface area (Å²) < 4.78 is 26.3. The molecule has 8 heteroatoms. The second kappa shape index (κ2) is 7.25. The summed E-state index contributed by atoms with van der Waals surface area (Å²) >= 11 is 5.74. The fourth-order valence-electron chi connectivity index (χ4n) is 2.39. The van der Waals surface area contributed by atoms with Gasteiger partial charge in [0.15, 0.2) is 9.84 Å². The molecule has 0 saturated carbocycles. The molecule has 1 aromatic carbocycles. The number of benzene rings is 1. The van der Waals surface area contributed by atoms with Crippen LogP contribution in [0.3, 0.4) is 0 Å². The van der Waals surface area contributed by atoms with Gasteiger partial charge in [0.25, 0.3) is 0 Å². The summed E-state index contributed by atoms with van der Waals surface area (Å²) in [7, 11) is -3.68. The Morgan fingerprint density at radius 2 is 1.92 bits per heavy atom. The van der Waals surface area contributed by atoms with Crippen LogP contribution in [-0.2, 0) is 21.1 Å². The van der Waals surface area contributed by atoms with Crippen molar-refractivity contribution in [3.8, 4) is 0 Å². The molecule has 0 fully saturated rings. The normalized spacial score (nSPS) is 11.6. The Hall–Kier alpha value is -2.38. The van der Waals surface area contributed by atoms with Gasteiger partial charge in [-0.1, -0.05) is 17.7 Å². The van der Waals surface area contributed by atoms with Crippen molar-refractivity contribution in [3.05, 3.63) is 65.6 Å². The Bertz CT molecular complexity index is 964. The molecule has 1 N–H and O–H groups in total. The molecule has 25 heavy (non-hydrogen) atoms. The molecule has 0 aliphatic heterocycles. The third kappa shape index (κ3) is 4.37. The van der Waals surface area contributed by atoms with Gasteiger partial charge in [-0.25, -0.2) is 13.4 Å². The maximum atomic E-state index is 12.2. The van der Waals surface area contributed by atoms with Crippen LogP contribution in [0.25, 0.3) is 5.65 Å². The Kier molecular flexibility index (Phi) is 5.06. The predicted octanol–water partition coefficient (Wildman–Crippen LogP) is 2.12. The van der Waals surface area contributed by atoms with Crippen LogP contribution in [0.1, 0.15) is 5.69 Å². The average molecular weight is 378 g/mol. The summed E-state index contributed by atoms with van der Waals surface area (Å²) in [5.74, 6) is -1.14. The summed E-state index contributed by atoms with van der Waals surface area (Å²) in [5.41, 5.74) is 1.65. The van der Waals surface area contributed by atoms with E-state index in [0.29, 0.717) is 18.0 Å². The lowest BCUT2D eigenvalue weighted by molar-refractivity contribution is -0.118. The van der Waals surface area contributed by atoms with Crippen LogP contribution in [-0.4, -0.2) is 36.0 Å². The summed E-state index contributed by atoms with van der Waals surface area (Å²) in [4.78, 5) is 16.4. The molecule has 0 aliphatic rings. The minimum absolute atomic E-state index is 0.0763. The van der Waals surface area contributed by atoms with E-state index in [9.17, 15) is 13.2 Å². The van der Waals surface area contributed by atoms with E-state index in [-0.39, 0.29) is 4.90 Å². The lowest BCUT2D eigenvalue weighted by atomic mass is 10.3. The van der Waals surface area contributed by atoms with Gasteiger partial charge in [0.1, 0.15) is 11.4 Å². The maximum Gasteiger partial charge on any atom is 0.235 e. The number of hydrogen-bond donors (Lipinski definition) is 1. The van der Waals surface area contributed by atoms with E-state index in [1.54, 1.807) is 0 Å². The van der Waals surface area contributed by atoms with Gasteiger partial charge in [-0.2, -0.15) is 0 Å². The lowest BCUT2D eigenvalue weighted by Gasteiger charge is -2.06. The van der Waals surface area contributed by atoms with Crippen LogP contribution in [0.4, 0.5) is 0 Å². The molecule has 6 nitrogen and oxygen atoms in total. The standard InChI is InChI=1S/C17H16ClN3O3S/c18-13-4-6-15(7-5-13)25(23,24)12-17(22)19-9-8-14-11-21-10-2-1-3-16(21)20-14/h1-7,10-11H,8-9,12H2,(H,19,22). The number of pyridine rings is 1. The summed E-state index contributed by atoms with van der Waals surface area (Å²) in [6.45, 7) is 0.318. The first-order chi connectivity index (χ1) is 11.9.